The maximum absolute atomic E-state index is 3.61. The molecular weight excluding hydrogens is 218 g/mol. The summed E-state index contributed by atoms with van der Waals surface area (Å²) in [5, 5.41) is 3.61. The first-order chi connectivity index (χ1) is 8.54. The number of hydrogen-bond donors (Lipinski definition) is 1. The first-order valence-corrected chi connectivity index (χ1v) is 8.27. The molecule has 0 spiro atoms. The second-order valence-electron chi connectivity index (χ2n) is 6.57. The highest BCUT2D eigenvalue weighted by Gasteiger charge is 2.21. The molecule has 0 saturated carbocycles. The molecule has 0 radical (unpaired) electrons. The molecule has 0 aromatic heterocycles. The van der Waals surface area contributed by atoms with Gasteiger partial charge in [-0.15, -0.1) is 0 Å². The van der Waals surface area contributed by atoms with Crippen molar-refractivity contribution in [3.05, 3.63) is 0 Å². The van der Waals surface area contributed by atoms with Crippen molar-refractivity contribution in [3.8, 4) is 0 Å². The molecule has 0 aromatic carbocycles. The Hall–Kier alpha value is -0.0400. The Balaban J connectivity index is 3.59. The molecule has 0 aliphatic carbocycles. The fourth-order valence-electron chi connectivity index (χ4n) is 2.35. The summed E-state index contributed by atoms with van der Waals surface area (Å²) in [4.78, 5) is 0. The van der Waals surface area contributed by atoms with Gasteiger partial charge in [-0.2, -0.15) is 0 Å². The number of hydrogen-bond acceptors (Lipinski definition) is 1. The zero-order chi connectivity index (χ0) is 13.9. The average molecular weight is 255 g/mol. The molecule has 0 saturated heterocycles. The normalized spacial score (nSPS) is 15.0. The lowest BCUT2D eigenvalue weighted by Crippen LogP contribution is -2.35. The van der Waals surface area contributed by atoms with E-state index < -0.39 is 0 Å². The minimum absolute atomic E-state index is 0.508. The van der Waals surface area contributed by atoms with E-state index in [1.165, 1.54) is 64.3 Å². The topological polar surface area (TPSA) is 12.0 Å². The van der Waals surface area contributed by atoms with E-state index in [0.717, 1.165) is 0 Å². The van der Waals surface area contributed by atoms with Crippen molar-refractivity contribution in [3.63, 3.8) is 0 Å². The zero-order valence-electron chi connectivity index (χ0n) is 13.6. The van der Waals surface area contributed by atoms with Crippen molar-refractivity contribution in [1.29, 1.82) is 0 Å². The first-order valence-electron chi connectivity index (χ1n) is 8.27. The van der Waals surface area contributed by atoms with Crippen molar-refractivity contribution < 1.29 is 0 Å². The molecule has 0 amide bonds. The maximum Gasteiger partial charge on any atom is 0.00106 e. The van der Waals surface area contributed by atoms with E-state index in [1.807, 2.05) is 0 Å². The van der Waals surface area contributed by atoms with E-state index >= 15 is 0 Å². The largest absolute Gasteiger partial charge is 0.314 e. The zero-order valence-corrected chi connectivity index (χ0v) is 13.6. The minimum atomic E-state index is 0.508. The van der Waals surface area contributed by atoms with Crippen molar-refractivity contribution in [2.45, 2.75) is 98.4 Å². The predicted molar refractivity (Wildman–Crippen MR) is 84.1 cm³/mol. The van der Waals surface area contributed by atoms with Crippen LogP contribution in [0.4, 0.5) is 0 Å². The second-order valence-corrected chi connectivity index (χ2v) is 6.57. The Labute approximate surface area is 116 Å². The highest BCUT2D eigenvalue weighted by atomic mass is 14.9. The molecule has 0 aliphatic rings. The smallest absolute Gasteiger partial charge is 0.00106 e. The Morgan fingerprint density at radius 2 is 1.44 bits per heavy atom. The standard InChI is InChI=1S/C17H37N/c1-6-8-9-10-11-12-13-14-17(5,7-2)15-18-16(3)4/h16,18H,6-15H2,1-5H3. The van der Waals surface area contributed by atoms with Crippen LogP contribution in [0.2, 0.25) is 0 Å². The second kappa shape index (κ2) is 10.8. The van der Waals surface area contributed by atoms with E-state index in [1.54, 1.807) is 0 Å². The molecule has 18 heavy (non-hydrogen) atoms. The number of nitrogens with one attached hydrogen (secondary N) is 1. The van der Waals surface area contributed by atoms with Crippen molar-refractivity contribution in [1.82, 2.24) is 5.32 Å². The molecule has 1 N–H and O–H groups in total. The van der Waals surface area contributed by atoms with Crippen LogP contribution < -0.4 is 5.32 Å². The first kappa shape index (κ1) is 18.0. The molecule has 1 nitrogen and oxygen atoms in total. The van der Waals surface area contributed by atoms with Gasteiger partial charge in [0.25, 0.3) is 0 Å². The van der Waals surface area contributed by atoms with Gasteiger partial charge in [0.1, 0.15) is 0 Å². The average Bonchev–Trinajstić information content (AvgIpc) is 2.35. The molecule has 1 atom stereocenters. The van der Waals surface area contributed by atoms with Gasteiger partial charge in [-0.05, 0) is 18.3 Å². The van der Waals surface area contributed by atoms with Crippen molar-refractivity contribution in [2.75, 3.05) is 6.54 Å². The molecular formula is C17H37N. The Kier molecular flexibility index (Phi) is 10.8. The summed E-state index contributed by atoms with van der Waals surface area (Å²) in [5.74, 6) is 0. The van der Waals surface area contributed by atoms with Gasteiger partial charge in [-0.3, -0.25) is 0 Å². The molecule has 1 heteroatoms. The van der Waals surface area contributed by atoms with E-state index in [4.69, 9.17) is 0 Å². The fourth-order valence-corrected chi connectivity index (χ4v) is 2.35. The molecule has 1 unspecified atom stereocenters. The lowest BCUT2D eigenvalue weighted by molar-refractivity contribution is 0.252. The molecule has 0 aliphatic heterocycles. The van der Waals surface area contributed by atoms with Crippen LogP contribution in [0.3, 0.4) is 0 Å². The van der Waals surface area contributed by atoms with Gasteiger partial charge in [0.05, 0.1) is 0 Å². The van der Waals surface area contributed by atoms with Crippen LogP contribution in [0.25, 0.3) is 0 Å². The van der Waals surface area contributed by atoms with Crippen LogP contribution in [0, 0.1) is 5.41 Å². The monoisotopic (exact) mass is 255 g/mol. The number of rotatable bonds is 12. The van der Waals surface area contributed by atoms with Gasteiger partial charge in [0, 0.05) is 12.6 Å². The molecule has 0 aromatic rings. The van der Waals surface area contributed by atoms with Gasteiger partial charge >= 0.3 is 0 Å². The van der Waals surface area contributed by atoms with Gasteiger partial charge in [0.2, 0.25) is 0 Å². The van der Waals surface area contributed by atoms with Gasteiger partial charge in [-0.1, -0.05) is 79.6 Å². The summed E-state index contributed by atoms with van der Waals surface area (Å²) in [6.45, 7) is 12.7. The summed E-state index contributed by atoms with van der Waals surface area (Å²) in [5.41, 5.74) is 0.508. The molecule has 0 bridgehead atoms. The summed E-state index contributed by atoms with van der Waals surface area (Å²) in [6.07, 6.45) is 12.6. The van der Waals surface area contributed by atoms with E-state index in [9.17, 15) is 0 Å². The van der Waals surface area contributed by atoms with Crippen LogP contribution in [-0.2, 0) is 0 Å². The van der Waals surface area contributed by atoms with Crippen LogP contribution in [0.5, 0.6) is 0 Å². The van der Waals surface area contributed by atoms with Crippen LogP contribution in [0.15, 0.2) is 0 Å². The quantitative estimate of drug-likeness (QED) is 0.451. The summed E-state index contributed by atoms with van der Waals surface area (Å²) in [7, 11) is 0. The third-order valence-electron chi connectivity index (χ3n) is 4.17. The highest BCUT2D eigenvalue weighted by Crippen LogP contribution is 2.28. The number of unbranched alkanes of at least 4 members (excludes halogenated alkanes) is 6. The lowest BCUT2D eigenvalue weighted by Gasteiger charge is -2.30. The Morgan fingerprint density at radius 3 is 1.94 bits per heavy atom. The van der Waals surface area contributed by atoms with Crippen molar-refractivity contribution >= 4 is 0 Å². The molecule has 0 rings (SSSR count). The molecule has 0 heterocycles. The third-order valence-corrected chi connectivity index (χ3v) is 4.17. The van der Waals surface area contributed by atoms with Crippen molar-refractivity contribution in [2.24, 2.45) is 5.41 Å². The van der Waals surface area contributed by atoms with Gasteiger partial charge in [0.15, 0.2) is 0 Å². The third kappa shape index (κ3) is 9.94. The summed E-state index contributed by atoms with van der Waals surface area (Å²) in [6, 6.07) is 0.616. The van der Waals surface area contributed by atoms with Crippen LogP contribution in [0.1, 0.15) is 92.4 Å². The highest BCUT2D eigenvalue weighted by molar-refractivity contribution is 4.76. The SMILES string of the molecule is CCCCCCCCCC(C)(CC)CNC(C)C. The van der Waals surface area contributed by atoms with Gasteiger partial charge < -0.3 is 5.32 Å². The molecule has 110 valence electrons. The Morgan fingerprint density at radius 1 is 0.889 bits per heavy atom. The Bertz CT molecular complexity index is 176. The van der Waals surface area contributed by atoms with Crippen LogP contribution in [-0.4, -0.2) is 12.6 Å². The van der Waals surface area contributed by atoms with Gasteiger partial charge in [-0.25, -0.2) is 0 Å². The van der Waals surface area contributed by atoms with E-state index in [-0.39, 0.29) is 0 Å². The predicted octanol–water partition coefficient (Wildman–Crippen LogP) is 5.54. The summed E-state index contributed by atoms with van der Waals surface area (Å²) >= 11 is 0. The van der Waals surface area contributed by atoms with E-state index in [2.05, 4.69) is 39.9 Å². The maximum atomic E-state index is 3.61. The lowest BCUT2D eigenvalue weighted by atomic mass is 9.81. The minimum Gasteiger partial charge on any atom is -0.314 e. The van der Waals surface area contributed by atoms with Crippen LogP contribution >= 0.6 is 0 Å². The fraction of sp³-hybridized carbons (Fsp3) is 1.00. The summed E-state index contributed by atoms with van der Waals surface area (Å²) < 4.78 is 0. The van der Waals surface area contributed by atoms with E-state index in [0.29, 0.717) is 11.5 Å². The molecule has 0 fully saturated rings.